The minimum absolute atomic E-state index is 0.112. The van der Waals surface area contributed by atoms with Gasteiger partial charge in [0.1, 0.15) is 5.58 Å². The minimum Gasteiger partial charge on any atom is -0.493 e. The van der Waals surface area contributed by atoms with Gasteiger partial charge in [-0.25, -0.2) is 0 Å². The molecule has 0 aliphatic carbocycles. The van der Waals surface area contributed by atoms with Crippen LogP contribution in [-0.2, 0) is 6.54 Å². The fourth-order valence-corrected chi connectivity index (χ4v) is 3.15. The van der Waals surface area contributed by atoms with Gasteiger partial charge in [0, 0.05) is 24.0 Å². The molecule has 0 bridgehead atoms. The number of fused-ring (bicyclic) bond motifs is 1. The van der Waals surface area contributed by atoms with Gasteiger partial charge in [-0.15, -0.1) is 0 Å². The lowest BCUT2D eigenvalue weighted by Gasteiger charge is -2.21. The van der Waals surface area contributed by atoms with Crippen LogP contribution in [0.1, 0.15) is 35.5 Å². The van der Waals surface area contributed by atoms with Crippen molar-refractivity contribution < 1.29 is 18.7 Å². The maximum absolute atomic E-state index is 13.1. The number of aryl methyl sites for hydroxylation is 1. The molecule has 0 atom stereocenters. The molecule has 27 heavy (non-hydrogen) atoms. The van der Waals surface area contributed by atoms with Gasteiger partial charge in [-0.2, -0.15) is 0 Å². The summed E-state index contributed by atoms with van der Waals surface area (Å²) in [5.41, 5.74) is 2.58. The normalized spacial score (nSPS) is 10.8. The van der Waals surface area contributed by atoms with Crippen LogP contribution in [0.3, 0.4) is 0 Å². The predicted molar refractivity (Wildman–Crippen MR) is 106 cm³/mol. The largest absolute Gasteiger partial charge is 0.493 e. The Bertz CT molecular complexity index is 945. The Hall–Kier alpha value is -2.95. The van der Waals surface area contributed by atoms with Crippen LogP contribution >= 0.6 is 0 Å². The lowest BCUT2D eigenvalue weighted by Crippen LogP contribution is -2.30. The van der Waals surface area contributed by atoms with E-state index in [0.29, 0.717) is 37.0 Å². The van der Waals surface area contributed by atoms with E-state index in [1.807, 2.05) is 63.2 Å². The molecule has 5 heteroatoms. The molecule has 3 rings (SSSR count). The van der Waals surface area contributed by atoms with Crippen molar-refractivity contribution in [3.8, 4) is 11.5 Å². The van der Waals surface area contributed by atoms with Crippen molar-refractivity contribution in [2.75, 3.05) is 20.3 Å². The van der Waals surface area contributed by atoms with E-state index in [-0.39, 0.29) is 5.91 Å². The molecule has 142 valence electrons. The molecule has 3 aromatic rings. The molecule has 0 aliphatic rings. The van der Waals surface area contributed by atoms with Gasteiger partial charge in [0.2, 0.25) is 0 Å². The number of hydrogen-bond donors (Lipinski definition) is 0. The number of carbonyl (C=O) groups excluding carboxylic acids is 1. The van der Waals surface area contributed by atoms with Gasteiger partial charge in [-0.3, -0.25) is 4.79 Å². The van der Waals surface area contributed by atoms with Gasteiger partial charge in [-0.05, 0) is 44.5 Å². The van der Waals surface area contributed by atoms with Crippen molar-refractivity contribution in [1.29, 1.82) is 0 Å². The van der Waals surface area contributed by atoms with E-state index >= 15 is 0 Å². The van der Waals surface area contributed by atoms with Crippen molar-refractivity contribution in [2.24, 2.45) is 0 Å². The number of para-hydroxylation sites is 1. The predicted octanol–water partition coefficient (Wildman–Crippen LogP) is 4.81. The smallest absolute Gasteiger partial charge is 0.290 e. The number of benzene rings is 2. The zero-order valence-corrected chi connectivity index (χ0v) is 16.2. The Morgan fingerprint density at radius 3 is 2.56 bits per heavy atom. The van der Waals surface area contributed by atoms with Crippen molar-refractivity contribution in [3.63, 3.8) is 0 Å². The Kier molecular flexibility index (Phi) is 5.69. The van der Waals surface area contributed by atoms with Gasteiger partial charge in [0.25, 0.3) is 5.91 Å². The van der Waals surface area contributed by atoms with E-state index in [1.165, 1.54) is 0 Å². The van der Waals surface area contributed by atoms with Crippen LogP contribution in [0.2, 0.25) is 0 Å². The third kappa shape index (κ3) is 3.77. The fraction of sp³-hybridized carbons (Fsp3) is 0.318. The molecule has 0 radical (unpaired) electrons. The second kappa shape index (κ2) is 8.16. The van der Waals surface area contributed by atoms with Gasteiger partial charge >= 0.3 is 0 Å². The highest BCUT2D eigenvalue weighted by atomic mass is 16.5. The van der Waals surface area contributed by atoms with Crippen LogP contribution in [-0.4, -0.2) is 31.1 Å². The van der Waals surface area contributed by atoms with Gasteiger partial charge in [0.15, 0.2) is 17.3 Å². The van der Waals surface area contributed by atoms with E-state index in [2.05, 4.69) is 0 Å². The lowest BCUT2D eigenvalue weighted by molar-refractivity contribution is 0.0721. The van der Waals surface area contributed by atoms with E-state index < -0.39 is 0 Å². The monoisotopic (exact) mass is 367 g/mol. The van der Waals surface area contributed by atoms with Crippen LogP contribution in [0.25, 0.3) is 11.0 Å². The average Bonchev–Trinajstić information content (AvgIpc) is 3.03. The molecule has 5 nitrogen and oxygen atoms in total. The summed E-state index contributed by atoms with van der Waals surface area (Å²) < 4.78 is 16.8. The van der Waals surface area contributed by atoms with Crippen LogP contribution in [0.4, 0.5) is 0 Å². The first kappa shape index (κ1) is 18.8. The number of hydrogen-bond acceptors (Lipinski definition) is 4. The molecule has 2 aromatic carbocycles. The Labute approximate surface area is 159 Å². The molecule has 1 amide bonds. The van der Waals surface area contributed by atoms with Crippen molar-refractivity contribution in [1.82, 2.24) is 4.90 Å². The third-order valence-corrected chi connectivity index (χ3v) is 4.61. The minimum atomic E-state index is -0.112. The van der Waals surface area contributed by atoms with E-state index in [4.69, 9.17) is 13.9 Å². The Morgan fingerprint density at radius 2 is 1.89 bits per heavy atom. The maximum atomic E-state index is 13.1. The maximum Gasteiger partial charge on any atom is 0.290 e. The number of rotatable bonds is 7. The van der Waals surface area contributed by atoms with Crippen molar-refractivity contribution in [3.05, 3.63) is 59.4 Å². The van der Waals surface area contributed by atoms with Gasteiger partial charge in [0.05, 0.1) is 13.7 Å². The summed E-state index contributed by atoms with van der Waals surface area (Å²) in [5, 5.41) is 0.972. The highest BCUT2D eigenvalue weighted by molar-refractivity contribution is 5.98. The zero-order valence-electron chi connectivity index (χ0n) is 16.2. The number of furan rings is 1. The van der Waals surface area contributed by atoms with E-state index in [0.717, 1.165) is 22.1 Å². The summed E-state index contributed by atoms with van der Waals surface area (Å²) in [6.07, 6.45) is 0. The third-order valence-electron chi connectivity index (χ3n) is 4.61. The second-order valence-electron chi connectivity index (χ2n) is 6.29. The number of nitrogens with zero attached hydrogens (tertiary/aromatic N) is 1. The number of amides is 1. The highest BCUT2D eigenvalue weighted by Crippen LogP contribution is 2.30. The van der Waals surface area contributed by atoms with E-state index in [1.54, 1.807) is 12.0 Å². The Morgan fingerprint density at radius 1 is 1.11 bits per heavy atom. The van der Waals surface area contributed by atoms with Crippen molar-refractivity contribution in [2.45, 2.75) is 27.3 Å². The molecule has 0 aliphatic heterocycles. The zero-order chi connectivity index (χ0) is 19.4. The molecule has 1 aromatic heterocycles. The molecular formula is C22H25NO4. The first-order chi connectivity index (χ1) is 13.1. The number of methoxy groups -OCH3 is 1. The fourth-order valence-electron chi connectivity index (χ4n) is 3.15. The van der Waals surface area contributed by atoms with Gasteiger partial charge < -0.3 is 18.8 Å². The van der Waals surface area contributed by atoms with Gasteiger partial charge in [-0.1, -0.05) is 24.3 Å². The summed E-state index contributed by atoms with van der Waals surface area (Å²) >= 11 is 0. The first-order valence-electron chi connectivity index (χ1n) is 9.16. The molecule has 0 fully saturated rings. The summed E-state index contributed by atoms with van der Waals surface area (Å²) in [4.78, 5) is 14.8. The quantitative estimate of drug-likeness (QED) is 0.601. The molecule has 0 saturated carbocycles. The van der Waals surface area contributed by atoms with Crippen LogP contribution in [0, 0.1) is 6.92 Å². The number of carbonyl (C=O) groups is 1. The van der Waals surface area contributed by atoms with Crippen molar-refractivity contribution >= 4 is 16.9 Å². The molecule has 0 unspecified atom stereocenters. The topological polar surface area (TPSA) is 51.9 Å². The second-order valence-corrected chi connectivity index (χ2v) is 6.29. The summed E-state index contributed by atoms with van der Waals surface area (Å²) in [5.74, 6) is 1.65. The SMILES string of the molecule is CCOc1ccc(CN(CC)C(=O)c2oc3ccccc3c2C)cc1OC. The lowest BCUT2D eigenvalue weighted by atomic mass is 10.1. The summed E-state index contributed by atoms with van der Waals surface area (Å²) in [6, 6.07) is 13.4. The van der Waals surface area contributed by atoms with Crippen LogP contribution in [0.5, 0.6) is 11.5 Å². The first-order valence-corrected chi connectivity index (χ1v) is 9.16. The van der Waals surface area contributed by atoms with E-state index in [9.17, 15) is 4.79 Å². The molecular weight excluding hydrogens is 342 g/mol. The average molecular weight is 367 g/mol. The number of ether oxygens (including phenoxy) is 2. The molecule has 0 N–H and O–H groups in total. The van der Waals surface area contributed by atoms with Crippen LogP contribution < -0.4 is 9.47 Å². The molecule has 1 heterocycles. The molecule has 0 saturated heterocycles. The summed E-state index contributed by atoms with van der Waals surface area (Å²) in [7, 11) is 1.61. The molecule has 0 spiro atoms. The van der Waals surface area contributed by atoms with Crippen LogP contribution in [0.15, 0.2) is 46.9 Å². The summed E-state index contributed by atoms with van der Waals surface area (Å²) in [6.45, 7) is 7.43. The highest BCUT2D eigenvalue weighted by Gasteiger charge is 2.22. The standard InChI is InChI=1S/C22H25NO4/c1-5-23(14-16-11-12-19(26-6-2)20(13-16)25-4)22(24)21-15(3)17-9-7-8-10-18(17)27-21/h7-13H,5-6,14H2,1-4H3. The Balaban J connectivity index is 1.86.